The number of benzene rings is 1. The second kappa shape index (κ2) is 6.08. The first kappa shape index (κ1) is 16.8. The van der Waals surface area contributed by atoms with Crippen molar-refractivity contribution in [1.82, 2.24) is 20.0 Å². The van der Waals surface area contributed by atoms with Gasteiger partial charge in [-0.2, -0.15) is 10.2 Å². The van der Waals surface area contributed by atoms with Gasteiger partial charge in [0.2, 0.25) is 0 Å². The van der Waals surface area contributed by atoms with E-state index in [1.54, 1.807) is 36.1 Å². The monoisotopic (exact) mass is 339 g/mol. The highest BCUT2D eigenvalue weighted by molar-refractivity contribution is 6.08. The second-order valence-corrected chi connectivity index (χ2v) is 6.97. The topological polar surface area (TPSA) is 95.8 Å². The fourth-order valence-corrected chi connectivity index (χ4v) is 2.49. The van der Waals surface area contributed by atoms with Crippen molar-refractivity contribution in [3.8, 4) is 17.1 Å². The molecule has 0 aliphatic carbocycles. The number of aromatic hydroxyl groups is 1. The maximum absolute atomic E-state index is 12.7. The Hall–Kier alpha value is -3.09. The lowest BCUT2D eigenvalue weighted by Crippen LogP contribution is -2.15. The zero-order chi connectivity index (χ0) is 18.2. The first-order valence-electron chi connectivity index (χ1n) is 7.94. The number of aromatic nitrogens is 4. The molecule has 1 amide bonds. The normalized spacial score (nSPS) is 11.5. The molecule has 0 saturated carbocycles. The Bertz CT molecular complexity index is 918. The number of phenols is 1. The van der Waals surface area contributed by atoms with E-state index in [-0.39, 0.29) is 17.1 Å². The Labute approximate surface area is 145 Å². The molecule has 7 heteroatoms. The van der Waals surface area contributed by atoms with Crippen LogP contribution in [-0.4, -0.2) is 31.0 Å². The van der Waals surface area contributed by atoms with E-state index in [4.69, 9.17) is 0 Å². The smallest absolute Gasteiger partial charge is 0.259 e. The minimum Gasteiger partial charge on any atom is -0.506 e. The van der Waals surface area contributed by atoms with Gasteiger partial charge >= 0.3 is 0 Å². The van der Waals surface area contributed by atoms with Gasteiger partial charge in [-0.15, -0.1) is 0 Å². The molecule has 0 radical (unpaired) electrons. The molecule has 130 valence electrons. The predicted molar refractivity (Wildman–Crippen MR) is 95.5 cm³/mol. The molecule has 2 heterocycles. The standard InChI is InChI=1S/C18H21N5O2/c1-18(2,3)11-5-6-15(24)14(9-11)20-17(25)12-10-19-21-16(12)13-7-8-23(4)22-13/h5-10,24H,1-4H3,(H,19,21)(H,20,25). The van der Waals surface area contributed by atoms with Crippen LogP contribution in [0.1, 0.15) is 36.7 Å². The summed E-state index contributed by atoms with van der Waals surface area (Å²) in [5.74, 6) is -0.347. The van der Waals surface area contributed by atoms with E-state index >= 15 is 0 Å². The number of anilines is 1. The third kappa shape index (κ3) is 3.40. The molecule has 1 aromatic carbocycles. The quantitative estimate of drug-likeness (QED) is 0.639. The lowest BCUT2D eigenvalue weighted by Gasteiger charge is -2.20. The highest BCUT2D eigenvalue weighted by Gasteiger charge is 2.20. The number of nitrogens with zero attached hydrogens (tertiary/aromatic N) is 3. The van der Waals surface area contributed by atoms with Gasteiger partial charge in [0.25, 0.3) is 5.91 Å². The van der Waals surface area contributed by atoms with Crippen LogP contribution in [0.25, 0.3) is 11.4 Å². The maximum Gasteiger partial charge on any atom is 0.259 e. The van der Waals surface area contributed by atoms with Gasteiger partial charge in [0.15, 0.2) is 0 Å². The summed E-state index contributed by atoms with van der Waals surface area (Å²) in [6, 6.07) is 7.02. The first-order chi connectivity index (χ1) is 11.8. The highest BCUT2D eigenvalue weighted by Crippen LogP contribution is 2.31. The van der Waals surface area contributed by atoms with Crippen molar-refractivity contribution in [3.05, 3.63) is 47.8 Å². The summed E-state index contributed by atoms with van der Waals surface area (Å²) >= 11 is 0. The SMILES string of the molecule is Cn1ccc(-c2[nH]ncc2C(=O)Nc2cc(C(C)(C)C)ccc2O)n1. The Morgan fingerprint density at radius 3 is 2.68 bits per heavy atom. The van der Waals surface area contributed by atoms with E-state index in [1.165, 1.54) is 6.20 Å². The summed E-state index contributed by atoms with van der Waals surface area (Å²) in [4.78, 5) is 12.7. The molecule has 0 bridgehead atoms. The zero-order valence-electron chi connectivity index (χ0n) is 14.7. The number of H-pyrrole nitrogens is 1. The van der Waals surface area contributed by atoms with Crippen molar-refractivity contribution in [1.29, 1.82) is 0 Å². The number of nitrogens with one attached hydrogen (secondary N) is 2. The van der Waals surface area contributed by atoms with Crippen LogP contribution < -0.4 is 5.32 Å². The summed E-state index contributed by atoms with van der Waals surface area (Å²) in [7, 11) is 1.80. The van der Waals surface area contributed by atoms with Crippen molar-refractivity contribution >= 4 is 11.6 Å². The van der Waals surface area contributed by atoms with Gasteiger partial charge in [0, 0.05) is 13.2 Å². The van der Waals surface area contributed by atoms with Gasteiger partial charge < -0.3 is 10.4 Å². The predicted octanol–water partition coefficient (Wildman–Crippen LogP) is 3.07. The summed E-state index contributed by atoms with van der Waals surface area (Å²) in [6.07, 6.45) is 3.24. The van der Waals surface area contributed by atoms with Crippen molar-refractivity contribution in [2.45, 2.75) is 26.2 Å². The lowest BCUT2D eigenvalue weighted by molar-refractivity contribution is 0.102. The van der Waals surface area contributed by atoms with Gasteiger partial charge in [0.05, 0.1) is 23.1 Å². The molecule has 0 fully saturated rings. The molecule has 0 saturated heterocycles. The molecular weight excluding hydrogens is 318 g/mol. The van der Waals surface area contributed by atoms with Gasteiger partial charge in [-0.05, 0) is 29.2 Å². The molecule has 3 rings (SSSR count). The van der Waals surface area contributed by atoms with E-state index < -0.39 is 0 Å². The van der Waals surface area contributed by atoms with Gasteiger partial charge in [-0.1, -0.05) is 26.8 Å². The molecule has 0 unspecified atom stereocenters. The number of carbonyl (C=O) groups is 1. The molecule has 7 nitrogen and oxygen atoms in total. The third-order valence-electron chi connectivity index (χ3n) is 3.96. The number of hydrogen-bond donors (Lipinski definition) is 3. The molecule has 0 spiro atoms. The largest absolute Gasteiger partial charge is 0.506 e. The second-order valence-electron chi connectivity index (χ2n) is 6.97. The zero-order valence-corrected chi connectivity index (χ0v) is 14.7. The minimum absolute atomic E-state index is 0.0178. The van der Waals surface area contributed by atoms with Gasteiger partial charge in [0.1, 0.15) is 11.4 Å². The first-order valence-corrected chi connectivity index (χ1v) is 7.94. The van der Waals surface area contributed by atoms with Gasteiger partial charge in [-0.3, -0.25) is 14.6 Å². The van der Waals surface area contributed by atoms with E-state index in [0.29, 0.717) is 22.6 Å². The van der Waals surface area contributed by atoms with Crippen LogP contribution in [0.4, 0.5) is 5.69 Å². The fraction of sp³-hybridized carbons (Fsp3) is 0.278. The lowest BCUT2D eigenvalue weighted by atomic mass is 9.87. The molecule has 25 heavy (non-hydrogen) atoms. The molecule has 0 aliphatic rings. The van der Waals surface area contributed by atoms with E-state index in [1.807, 2.05) is 6.07 Å². The molecular formula is C18H21N5O2. The molecule has 3 N–H and O–H groups in total. The van der Waals surface area contributed by atoms with Gasteiger partial charge in [-0.25, -0.2) is 0 Å². The average Bonchev–Trinajstić information content (AvgIpc) is 3.16. The van der Waals surface area contributed by atoms with Crippen LogP contribution in [0.3, 0.4) is 0 Å². The number of hydrogen-bond acceptors (Lipinski definition) is 4. The Kier molecular flexibility index (Phi) is 4.08. The van der Waals surface area contributed by atoms with Crippen LogP contribution in [0.5, 0.6) is 5.75 Å². The van der Waals surface area contributed by atoms with Crippen LogP contribution in [0.15, 0.2) is 36.7 Å². The van der Waals surface area contributed by atoms with E-state index in [2.05, 4.69) is 41.4 Å². The van der Waals surface area contributed by atoms with E-state index in [9.17, 15) is 9.90 Å². The number of aromatic amines is 1. The Balaban J connectivity index is 1.91. The third-order valence-corrected chi connectivity index (χ3v) is 3.96. The molecule has 2 aromatic heterocycles. The van der Waals surface area contributed by atoms with Crippen LogP contribution in [0.2, 0.25) is 0 Å². The molecule has 3 aromatic rings. The van der Waals surface area contributed by atoms with E-state index in [0.717, 1.165) is 5.56 Å². The van der Waals surface area contributed by atoms with Crippen molar-refractivity contribution < 1.29 is 9.90 Å². The maximum atomic E-state index is 12.7. The summed E-state index contributed by atoms with van der Waals surface area (Å²) in [6.45, 7) is 6.21. The Morgan fingerprint density at radius 1 is 1.28 bits per heavy atom. The number of aryl methyl sites for hydroxylation is 1. The van der Waals surface area contributed by atoms with Crippen molar-refractivity contribution in [2.24, 2.45) is 7.05 Å². The van der Waals surface area contributed by atoms with Crippen LogP contribution in [-0.2, 0) is 12.5 Å². The molecule has 0 aliphatic heterocycles. The van der Waals surface area contributed by atoms with Crippen molar-refractivity contribution in [2.75, 3.05) is 5.32 Å². The average molecular weight is 339 g/mol. The number of amides is 1. The van der Waals surface area contributed by atoms with Crippen LogP contribution >= 0.6 is 0 Å². The van der Waals surface area contributed by atoms with Crippen LogP contribution in [0, 0.1) is 0 Å². The highest BCUT2D eigenvalue weighted by atomic mass is 16.3. The number of phenolic OH excluding ortho intramolecular Hbond substituents is 1. The summed E-state index contributed by atoms with van der Waals surface area (Å²) in [5, 5.41) is 23.9. The number of carbonyl (C=O) groups excluding carboxylic acids is 1. The molecule has 0 atom stereocenters. The minimum atomic E-state index is -0.365. The summed E-state index contributed by atoms with van der Waals surface area (Å²) in [5.41, 5.74) is 2.80. The summed E-state index contributed by atoms with van der Waals surface area (Å²) < 4.78 is 1.65. The van der Waals surface area contributed by atoms with Crippen molar-refractivity contribution in [3.63, 3.8) is 0 Å². The Morgan fingerprint density at radius 2 is 2.04 bits per heavy atom. The number of rotatable bonds is 3. The fourth-order valence-electron chi connectivity index (χ4n) is 2.49.